The summed E-state index contributed by atoms with van der Waals surface area (Å²) in [5.74, 6) is 0.607. The molecule has 1 aliphatic carbocycles. The summed E-state index contributed by atoms with van der Waals surface area (Å²) < 4.78 is 7.80. The summed E-state index contributed by atoms with van der Waals surface area (Å²) in [7, 11) is 0. The molecular formula is C17H27N3O2. The molecule has 1 saturated carbocycles. The first kappa shape index (κ1) is 15.5. The van der Waals surface area contributed by atoms with Crippen LogP contribution in [0, 0.1) is 25.2 Å². The lowest BCUT2D eigenvalue weighted by atomic mass is 9.55. The van der Waals surface area contributed by atoms with Gasteiger partial charge in [0.25, 0.3) is 0 Å². The Morgan fingerprint density at radius 2 is 2.27 bits per heavy atom. The van der Waals surface area contributed by atoms with Gasteiger partial charge in [-0.3, -0.25) is 9.48 Å². The Kier molecular flexibility index (Phi) is 4.02. The maximum atomic E-state index is 12.3. The Bertz CT molecular complexity index is 564. The van der Waals surface area contributed by atoms with E-state index in [4.69, 9.17) is 4.74 Å². The molecule has 2 heterocycles. The molecule has 0 radical (unpaired) electrons. The van der Waals surface area contributed by atoms with Crippen LogP contribution in [-0.4, -0.2) is 34.4 Å². The van der Waals surface area contributed by atoms with E-state index in [-0.39, 0.29) is 17.4 Å². The normalized spacial score (nSPS) is 29.5. The maximum absolute atomic E-state index is 12.3. The molecule has 5 heteroatoms. The average molecular weight is 305 g/mol. The van der Waals surface area contributed by atoms with Crippen molar-refractivity contribution in [2.45, 2.75) is 65.6 Å². The third kappa shape index (κ3) is 2.67. The molecule has 1 saturated heterocycles. The highest BCUT2D eigenvalue weighted by molar-refractivity contribution is 5.76. The van der Waals surface area contributed by atoms with Gasteiger partial charge in [0.15, 0.2) is 0 Å². The number of nitrogens with zero attached hydrogens (tertiary/aromatic N) is 2. The summed E-state index contributed by atoms with van der Waals surface area (Å²) in [6, 6.07) is 2.28. The zero-order valence-corrected chi connectivity index (χ0v) is 14.1. The standard InChI is InChI=1S/C17H27N3O2/c1-11-10-12(2)20(19-11)8-7-14(21)18-15-13-6-5-9-22-16(13)17(15,3)4/h10,13,15-16H,5-9H2,1-4H3,(H,18,21)/t13-,15+,16+/m0/s1. The minimum Gasteiger partial charge on any atom is -0.377 e. The molecule has 0 bridgehead atoms. The van der Waals surface area contributed by atoms with Crippen LogP contribution < -0.4 is 5.32 Å². The lowest BCUT2D eigenvalue weighted by Gasteiger charge is -2.59. The van der Waals surface area contributed by atoms with E-state index in [9.17, 15) is 4.79 Å². The summed E-state index contributed by atoms with van der Waals surface area (Å²) in [5, 5.41) is 7.65. The molecule has 0 spiro atoms. The van der Waals surface area contributed by atoms with Crippen molar-refractivity contribution in [2.75, 3.05) is 6.61 Å². The molecule has 3 atom stereocenters. The van der Waals surface area contributed by atoms with Crippen molar-refractivity contribution in [1.82, 2.24) is 15.1 Å². The fourth-order valence-corrected chi connectivity index (χ4v) is 4.17. The van der Waals surface area contributed by atoms with Crippen molar-refractivity contribution in [3.63, 3.8) is 0 Å². The molecule has 2 aliphatic rings. The summed E-state index contributed by atoms with van der Waals surface area (Å²) in [6.07, 6.45) is 3.06. The number of carbonyl (C=O) groups is 1. The van der Waals surface area contributed by atoms with Crippen LogP contribution in [0.4, 0.5) is 0 Å². The van der Waals surface area contributed by atoms with Gasteiger partial charge in [-0.05, 0) is 32.8 Å². The number of aromatic nitrogens is 2. The second-order valence-corrected chi connectivity index (χ2v) is 7.36. The van der Waals surface area contributed by atoms with Gasteiger partial charge >= 0.3 is 0 Å². The zero-order chi connectivity index (χ0) is 15.9. The van der Waals surface area contributed by atoms with Crippen molar-refractivity contribution in [3.05, 3.63) is 17.5 Å². The number of rotatable bonds is 4. The van der Waals surface area contributed by atoms with Gasteiger partial charge in [-0.2, -0.15) is 5.10 Å². The van der Waals surface area contributed by atoms with Crippen LogP contribution in [0.25, 0.3) is 0 Å². The number of nitrogens with one attached hydrogen (secondary N) is 1. The van der Waals surface area contributed by atoms with Crippen LogP contribution >= 0.6 is 0 Å². The molecule has 122 valence electrons. The molecule has 1 N–H and O–H groups in total. The van der Waals surface area contributed by atoms with Gasteiger partial charge in [0.05, 0.1) is 11.8 Å². The van der Waals surface area contributed by atoms with Crippen LogP contribution in [0.5, 0.6) is 0 Å². The van der Waals surface area contributed by atoms with Crippen molar-refractivity contribution in [1.29, 1.82) is 0 Å². The van der Waals surface area contributed by atoms with Crippen LogP contribution in [0.1, 0.15) is 44.5 Å². The van der Waals surface area contributed by atoms with E-state index in [0.717, 1.165) is 30.8 Å². The number of carbonyl (C=O) groups excluding carboxylic acids is 1. The minimum atomic E-state index is 0.0406. The predicted octanol–water partition coefficient (Wildman–Crippen LogP) is 2.21. The largest absolute Gasteiger partial charge is 0.377 e. The Labute approximate surface area is 132 Å². The van der Waals surface area contributed by atoms with Crippen LogP contribution in [0.2, 0.25) is 0 Å². The highest BCUT2D eigenvalue weighted by Crippen LogP contribution is 2.51. The average Bonchev–Trinajstić information content (AvgIpc) is 2.80. The number of fused-ring (bicyclic) bond motifs is 1. The molecule has 3 rings (SSSR count). The van der Waals surface area contributed by atoms with Crippen LogP contribution in [0.15, 0.2) is 6.07 Å². The number of aryl methyl sites for hydroxylation is 3. The summed E-state index contributed by atoms with van der Waals surface area (Å²) in [5.41, 5.74) is 2.15. The highest BCUT2D eigenvalue weighted by Gasteiger charge is 2.58. The van der Waals surface area contributed by atoms with E-state index in [0.29, 0.717) is 25.0 Å². The van der Waals surface area contributed by atoms with Crippen molar-refractivity contribution < 1.29 is 9.53 Å². The van der Waals surface area contributed by atoms with Gasteiger partial charge in [0.2, 0.25) is 5.91 Å². The summed E-state index contributed by atoms with van der Waals surface area (Å²) in [6.45, 7) is 9.91. The van der Waals surface area contributed by atoms with Crippen molar-refractivity contribution in [3.8, 4) is 0 Å². The molecule has 2 fully saturated rings. The van der Waals surface area contributed by atoms with Gasteiger partial charge in [-0.15, -0.1) is 0 Å². The molecule has 1 aromatic heterocycles. The lowest BCUT2D eigenvalue weighted by Crippen LogP contribution is -2.70. The molecular weight excluding hydrogens is 278 g/mol. The van der Waals surface area contributed by atoms with E-state index >= 15 is 0 Å². The van der Waals surface area contributed by atoms with E-state index in [1.54, 1.807) is 0 Å². The first-order valence-electron chi connectivity index (χ1n) is 8.31. The first-order valence-corrected chi connectivity index (χ1v) is 8.31. The molecule has 1 aliphatic heterocycles. The van der Waals surface area contributed by atoms with Gasteiger partial charge < -0.3 is 10.1 Å². The van der Waals surface area contributed by atoms with Crippen molar-refractivity contribution in [2.24, 2.45) is 11.3 Å². The predicted molar refractivity (Wildman–Crippen MR) is 84.5 cm³/mol. The lowest BCUT2D eigenvalue weighted by molar-refractivity contribution is -0.193. The van der Waals surface area contributed by atoms with E-state index in [1.165, 1.54) is 0 Å². The number of amides is 1. The summed E-state index contributed by atoms with van der Waals surface area (Å²) >= 11 is 0. The Morgan fingerprint density at radius 1 is 1.50 bits per heavy atom. The van der Waals surface area contributed by atoms with E-state index in [1.807, 2.05) is 24.6 Å². The minimum absolute atomic E-state index is 0.0406. The van der Waals surface area contributed by atoms with Gasteiger partial charge in [-0.1, -0.05) is 13.8 Å². The quantitative estimate of drug-likeness (QED) is 0.928. The van der Waals surface area contributed by atoms with Gasteiger partial charge in [-0.25, -0.2) is 0 Å². The van der Waals surface area contributed by atoms with E-state index < -0.39 is 0 Å². The molecule has 1 amide bonds. The Hall–Kier alpha value is -1.36. The summed E-state index contributed by atoms with van der Waals surface area (Å²) in [4.78, 5) is 12.3. The molecule has 1 aromatic rings. The van der Waals surface area contributed by atoms with Crippen LogP contribution in [0.3, 0.4) is 0 Å². The second-order valence-electron chi connectivity index (χ2n) is 7.36. The van der Waals surface area contributed by atoms with Gasteiger partial charge in [0.1, 0.15) is 0 Å². The molecule has 0 aromatic carbocycles. The molecule has 22 heavy (non-hydrogen) atoms. The zero-order valence-electron chi connectivity index (χ0n) is 14.1. The molecule has 5 nitrogen and oxygen atoms in total. The number of hydrogen-bond donors (Lipinski definition) is 1. The molecule has 0 unspecified atom stereocenters. The monoisotopic (exact) mass is 305 g/mol. The fourth-order valence-electron chi connectivity index (χ4n) is 4.17. The Balaban J connectivity index is 1.54. The third-order valence-electron chi connectivity index (χ3n) is 5.30. The number of ether oxygens (including phenoxy) is 1. The smallest absolute Gasteiger partial charge is 0.222 e. The van der Waals surface area contributed by atoms with Gasteiger partial charge in [0, 0.05) is 42.6 Å². The van der Waals surface area contributed by atoms with Crippen LogP contribution in [-0.2, 0) is 16.1 Å². The highest BCUT2D eigenvalue weighted by atomic mass is 16.5. The topological polar surface area (TPSA) is 56.2 Å². The SMILES string of the molecule is Cc1cc(C)n(CCC(=O)N[C@@H]2[C@@H]3CCCO[C@H]3C2(C)C)n1. The van der Waals surface area contributed by atoms with E-state index in [2.05, 4.69) is 24.3 Å². The number of hydrogen-bond acceptors (Lipinski definition) is 3. The maximum Gasteiger partial charge on any atom is 0.222 e. The third-order valence-corrected chi connectivity index (χ3v) is 5.30. The first-order chi connectivity index (χ1) is 10.4. The fraction of sp³-hybridized carbons (Fsp3) is 0.765. The van der Waals surface area contributed by atoms with Crippen molar-refractivity contribution >= 4 is 5.91 Å². The second kappa shape index (κ2) is 5.69. The Morgan fingerprint density at radius 3 is 2.95 bits per heavy atom.